The Hall–Kier alpha value is -1.78. The molecule has 0 amide bonds. The van der Waals surface area contributed by atoms with E-state index in [-0.39, 0.29) is 5.96 Å². The molecule has 4 N–H and O–H groups in total. The van der Waals surface area contributed by atoms with Gasteiger partial charge in [-0.3, -0.25) is 0 Å². The summed E-state index contributed by atoms with van der Waals surface area (Å²) in [5, 5.41) is 6.91. The molecule has 0 spiro atoms. The molecule has 0 atom stereocenters. The highest BCUT2D eigenvalue weighted by molar-refractivity contribution is 5.79. The van der Waals surface area contributed by atoms with Crippen molar-refractivity contribution in [2.45, 2.75) is 0 Å². The summed E-state index contributed by atoms with van der Waals surface area (Å²) in [5.74, 6) is 0.530. The van der Waals surface area contributed by atoms with E-state index >= 15 is 0 Å². The van der Waals surface area contributed by atoms with Gasteiger partial charge < -0.3 is 15.9 Å². The molecule has 11 heavy (non-hydrogen) atoms. The summed E-state index contributed by atoms with van der Waals surface area (Å²) in [6.45, 7) is 0. The van der Waals surface area contributed by atoms with Crippen LogP contribution in [0, 0.1) is 0 Å². The summed E-state index contributed by atoms with van der Waals surface area (Å²) in [4.78, 5) is 0. The van der Waals surface area contributed by atoms with Crippen LogP contribution in [0.25, 0.3) is 0 Å². The highest BCUT2D eigenvalue weighted by Gasteiger charge is 1.85. The Morgan fingerprint density at radius 2 is 2.36 bits per heavy atom. The molecule has 0 fully saturated rings. The lowest BCUT2D eigenvalue weighted by Gasteiger charge is -1.82. The van der Waals surface area contributed by atoms with E-state index in [1.807, 2.05) is 0 Å². The molecule has 0 aromatic carbocycles. The van der Waals surface area contributed by atoms with E-state index in [1.54, 1.807) is 12.1 Å². The summed E-state index contributed by atoms with van der Waals surface area (Å²) in [6.07, 6.45) is 2.95. The molecule has 0 saturated heterocycles. The van der Waals surface area contributed by atoms with Gasteiger partial charge in [-0.25, -0.2) is 0 Å². The number of furan rings is 1. The van der Waals surface area contributed by atoms with Gasteiger partial charge in [0.15, 0.2) is 0 Å². The van der Waals surface area contributed by atoms with Gasteiger partial charge in [-0.1, -0.05) is 0 Å². The third kappa shape index (κ3) is 2.53. The van der Waals surface area contributed by atoms with Crippen LogP contribution in [0.1, 0.15) is 5.76 Å². The Morgan fingerprint density at radius 1 is 1.55 bits per heavy atom. The van der Waals surface area contributed by atoms with Crippen molar-refractivity contribution in [3.8, 4) is 0 Å². The standard InChI is InChI=1S/C6H8N4O/c7-6(8)10-9-4-5-2-1-3-11-5/h1-4H,(H4,7,8,10)/b9-4-. The number of nitrogens with zero attached hydrogens (tertiary/aromatic N) is 2. The van der Waals surface area contributed by atoms with Gasteiger partial charge in [0.25, 0.3) is 0 Å². The van der Waals surface area contributed by atoms with Crippen LogP contribution in [0.5, 0.6) is 0 Å². The van der Waals surface area contributed by atoms with Crippen LogP contribution in [0.3, 0.4) is 0 Å². The summed E-state index contributed by atoms with van der Waals surface area (Å²) < 4.78 is 4.92. The van der Waals surface area contributed by atoms with E-state index in [0.717, 1.165) is 0 Å². The van der Waals surface area contributed by atoms with Crippen molar-refractivity contribution in [2.24, 2.45) is 21.7 Å². The lowest BCUT2D eigenvalue weighted by Crippen LogP contribution is -2.21. The maximum absolute atomic E-state index is 5.02. The quantitative estimate of drug-likeness (QED) is 0.352. The minimum atomic E-state index is -0.0761. The first kappa shape index (κ1) is 7.33. The maximum Gasteiger partial charge on any atom is 0.211 e. The van der Waals surface area contributed by atoms with Crippen molar-refractivity contribution in [2.75, 3.05) is 0 Å². The van der Waals surface area contributed by atoms with E-state index in [4.69, 9.17) is 15.9 Å². The maximum atomic E-state index is 5.02. The Kier molecular flexibility index (Phi) is 2.27. The third-order valence-corrected chi connectivity index (χ3v) is 0.901. The van der Waals surface area contributed by atoms with Gasteiger partial charge in [0.1, 0.15) is 5.76 Å². The minimum Gasteiger partial charge on any atom is -0.463 e. The van der Waals surface area contributed by atoms with Crippen LogP contribution < -0.4 is 11.5 Å². The van der Waals surface area contributed by atoms with E-state index in [2.05, 4.69) is 10.2 Å². The Labute approximate surface area is 63.4 Å². The van der Waals surface area contributed by atoms with E-state index in [9.17, 15) is 0 Å². The summed E-state index contributed by atoms with van der Waals surface area (Å²) in [7, 11) is 0. The highest BCUT2D eigenvalue weighted by atomic mass is 16.3. The average Bonchev–Trinajstić information content (AvgIpc) is 2.39. The van der Waals surface area contributed by atoms with Crippen LogP contribution in [-0.4, -0.2) is 12.2 Å². The lowest BCUT2D eigenvalue weighted by atomic mass is 10.5. The number of nitrogens with two attached hydrogens (primary N) is 2. The number of rotatable bonds is 2. The second-order valence-corrected chi connectivity index (χ2v) is 1.78. The van der Waals surface area contributed by atoms with Gasteiger partial charge in [0.2, 0.25) is 5.96 Å². The number of hydrogen-bond acceptors (Lipinski definition) is 3. The van der Waals surface area contributed by atoms with Crippen molar-refractivity contribution in [3.05, 3.63) is 24.2 Å². The molecule has 0 aliphatic heterocycles. The minimum absolute atomic E-state index is 0.0761. The largest absolute Gasteiger partial charge is 0.463 e. The molecule has 1 heterocycles. The lowest BCUT2D eigenvalue weighted by molar-refractivity contribution is 0.560. The molecular formula is C6H8N4O. The van der Waals surface area contributed by atoms with Crippen molar-refractivity contribution in [3.63, 3.8) is 0 Å². The van der Waals surface area contributed by atoms with Crippen molar-refractivity contribution in [1.29, 1.82) is 0 Å². The second-order valence-electron chi connectivity index (χ2n) is 1.78. The number of hydrogen-bond donors (Lipinski definition) is 2. The Morgan fingerprint density at radius 3 is 2.91 bits per heavy atom. The third-order valence-electron chi connectivity index (χ3n) is 0.901. The zero-order valence-corrected chi connectivity index (χ0v) is 5.77. The van der Waals surface area contributed by atoms with E-state index in [0.29, 0.717) is 5.76 Å². The van der Waals surface area contributed by atoms with E-state index < -0.39 is 0 Å². The molecule has 0 radical (unpaired) electrons. The smallest absolute Gasteiger partial charge is 0.211 e. The molecule has 0 aliphatic rings. The highest BCUT2D eigenvalue weighted by Crippen LogP contribution is 1.94. The number of guanidine groups is 1. The Bertz CT molecular complexity index is 258. The molecule has 1 aromatic heterocycles. The summed E-state index contributed by atoms with van der Waals surface area (Å²) >= 11 is 0. The molecule has 0 saturated carbocycles. The molecule has 0 aliphatic carbocycles. The van der Waals surface area contributed by atoms with Gasteiger partial charge in [0.05, 0.1) is 12.5 Å². The fourth-order valence-electron chi connectivity index (χ4n) is 0.517. The molecule has 5 nitrogen and oxygen atoms in total. The second kappa shape index (κ2) is 3.40. The monoisotopic (exact) mass is 152 g/mol. The normalized spacial score (nSPS) is 10.2. The average molecular weight is 152 g/mol. The van der Waals surface area contributed by atoms with Crippen LogP contribution in [0.15, 0.2) is 33.0 Å². The van der Waals surface area contributed by atoms with Crippen LogP contribution in [0.4, 0.5) is 0 Å². The first-order chi connectivity index (χ1) is 5.29. The topological polar surface area (TPSA) is 89.9 Å². The van der Waals surface area contributed by atoms with Gasteiger partial charge in [0, 0.05) is 0 Å². The first-order valence-corrected chi connectivity index (χ1v) is 2.94. The fraction of sp³-hybridized carbons (Fsp3) is 0. The molecular weight excluding hydrogens is 144 g/mol. The van der Waals surface area contributed by atoms with Crippen LogP contribution in [-0.2, 0) is 0 Å². The molecule has 58 valence electrons. The van der Waals surface area contributed by atoms with E-state index in [1.165, 1.54) is 12.5 Å². The van der Waals surface area contributed by atoms with Crippen LogP contribution >= 0.6 is 0 Å². The van der Waals surface area contributed by atoms with Crippen molar-refractivity contribution >= 4 is 12.2 Å². The Balaban J connectivity index is 2.56. The zero-order valence-electron chi connectivity index (χ0n) is 5.77. The SMILES string of the molecule is NC(N)=N/N=C\c1ccco1. The fourth-order valence-corrected chi connectivity index (χ4v) is 0.517. The van der Waals surface area contributed by atoms with Crippen molar-refractivity contribution < 1.29 is 4.42 Å². The van der Waals surface area contributed by atoms with Gasteiger partial charge in [-0.15, -0.1) is 5.10 Å². The molecule has 1 rings (SSSR count). The zero-order chi connectivity index (χ0) is 8.10. The molecule has 5 heteroatoms. The van der Waals surface area contributed by atoms with Gasteiger partial charge in [-0.05, 0) is 12.1 Å². The predicted molar refractivity (Wildman–Crippen MR) is 42.1 cm³/mol. The molecule has 0 bridgehead atoms. The molecule has 0 unspecified atom stereocenters. The molecule has 1 aromatic rings. The van der Waals surface area contributed by atoms with Gasteiger partial charge >= 0.3 is 0 Å². The first-order valence-electron chi connectivity index (χ1n) is 2.94. The van der Waals surface area contributed by atoms with Crippen molar-refractivity contribution in [1.82, 2.24) is 0 Å². The summed E-state index contributed by atoms with van der Waals surface area (Å²) in [6, 6.07) is 3.49. The van der Waals surface area contributed by atoms with Crippen LogP contribution in [0.2, 0.25) is 0 Å². The van der Waals surface area contributed by atoms with Gasteiger partial charge in [-0.2, -0.15) is 5.10 Å². The summed E-state index contributed by atoms with van der Waals surface area (Å²) in [5.41, 5.74) is 10.0. The predicted octanol–water partition coefficient (Wildman–Crippen LogP) is -0.113.